The maximum Gasteiger partial charge on any atom is 0.0582 e. The van der Waals surface area contributed by atoms with Crippen LogP contribution in [-0.4, -0.2) is 4.57 Å². The Kier molecular flexibility index (Phi) is 7.42. The van der Waals surface area contributed by atoms with Crippen molar-refractivity contribution in [2.24, 2.45) is 0 Å². The average molecular weight is 788 g/mol. The Labute approximate surface area is 360 Å². The molecule has 0 fully saturated rings. The summed E-state index contributed by atoms with van der Waals surface area (Å²) in [4.78, 5) is 0. The maximum absolute atomic E-state index is 2.52. The monoisotopic (exact) mass is 787 g/mol. The topological polar surface area (TPSA) is 4.93 Å². The van der Waals surface area contributed by atoms with Gasteiger partial charge in [-0.15, -0.1) is 0 Å². The third kappa shape index (κ3) is 5.09. The highest BCUT2D eigenvalue weighted by Gasteiger charge is 2.35. The summed E-state index contributed by atoms with van der Waals surface area (Å²) < 4.78 is 2.52. The van der Waals surface area contributed by atoms with E-state index in [0.29, 0.717) is 0 Å². The Morgan fingerprint density at radius 2 is 0.758 bits per heavy atom. The van der Waals surface area contributed by atoms with Crippen molar-refractivity contribution in [2.45, 2.75) is 19.3 Å². The van der Waals surface area contributed by atoms with E-state index >= 15 is 0 Å². The number of aromatic nitrogens is 1. The van der Waals surface area contributed by atoms with Crippen LogP contribution in [0.1, 0.15) is 25.0 Å². The van der Waals surface area contributed by atoms with Crippen LogP contribution in [0.15, 0.2) is 212 Å². The molecule has 0 saturated carbocycles. The van der Waals surface area contributed by atoms with Crippen LogP contribution in [0.2, 0.25) is 0 Å². The van der Waals surface area contributed by atoms with Crippen LogP contribution in [-0.2, 0) is 5.41 Å². The number of nitrogens with zero attached hydrogens (tertiary/aromatic N) is 1. The molecule has 0 bridgehead atoms. The second-order valence-electron chi connectivity index (χ2n) is 17.7. The minimum atomic E-state index is -0.190. The Morgan fingerprint density at radius 1 is 0.306 bits per heavy atom. The fourth-order valence-electron chi connectivity index (χ4n) is 10.8. The molecule has 11 aromatic carbocycles. The zero-order chi connectivity index (χ0) is 41.1. The molecular weight excluding hydrogens is 747 g/mol. The SMILES string of the molecule is CC1(C)c2ccccc2-n2c3ccc(-c4ccc(-c5cc6ccccc6c6ccccc56)cc4)cc3c3cc(-c4ccc(-c5cc6ccccc6c6ccccc56)cc4)cc1c32. The maximum atomic E-state index is 2.52. The summed E-state index contributed by atoms with van der Waals surface area (Å²) in [5, 5.41) is 12.8. The third-order valence-electron chi connectivity index (χ3n) is 13.9. The van der Waals surface area contributed by atoms with E-state index in [-0.39, 0.29) is 5.41 Å². The highest BCUT2D eigenvalue weighted by Crippen LogP contribution is 2.50. The van der Waals surface area contributed by atoms with E-state index in [4.69, 9.17) is 0 Å². The first-order valence-corrected chi connectivity index (χ1v) is 21.7. The van der Waals surface area contributed by atoms with E-state index in [1.807, 2.05) is 0 Å². The van der Waals surface area contributed by atoms with Crippen molar-refractivity contribution in [3.63, 3.8) is 0 Å². The van der Waals surface area contributed by atoms with E-state index in [9.17, 15) is 0 Å². The van der Waals surface area contributed by atoms with Crippen LogP contribution in [0, 0.1) is 0 Å². The third-order valence-corrected chi connectivity index (χ3v) is 13.9. The molecule has 0 atom stereocenters. The van der Waals surface area contributed by atoms with E-state index in [0.717, 1.165) is 0 Å². The molecule has 0 aliphatic carbocycles. The molecule has 1 aromatic heterocycles. The number of hydrogen-bond donors (Lipinski definition) is 0. The molecule has 0 amide bonds. The van der Waals surface area contributed by atoms with Crippen LogP contribution in [0.25, 0.3) is 115 Å². The summed E-state index contributed by atoms with van der Waals surface area (Å²) >= 11 is 0. The summed E-state index contributed by atoms with van der Waals surface area (Å²) in [5.74, 6) is 0. The van der Waals surface area contributed by atoms with Gasteiger partial charge in [0.1, 0.15) is 0 Å². The fraction of sp³-hybridized carbons (Fsp3) is 0.0492. The van der Waals surface area contributed by atoms with Gasteiger partial charge in [0.05, 0.1) is 16.7 Å². The van der Waals surface area contributed by atoms with E-state index in [1.165, 1.54) is 126 Å². The number of hydrogen-bond acceptors (Lipinski definition) is 0. The van der Waals surface area contributed by atoms with Crippen molar-refractivity contribution < 1.29 is 0 Å². The normalized spacial score (nSPS) is 13.1. The molecule has 1 heteroatoms. The molecule has 2 heterocycles. The van der Waals surface area contributed by atoms with Gasteiger partial charge in [0, 0.05) is 16.2 Å². The molecule has 0 radical (unpaired) electrons. The number of rotatable bonds is 4. The Balaban J connectivity index is 0.959. The van der Waals surface area contributed by atoms with Crippen molar-refractivity contribution >= 4 is 64.9 Å². The van der Waals surface area contributed by atoms with Crippen molar-refractivity contribution in [3.05, 3.63) is 223 Å². The van der Waals surface area contributed by atoms with Gasteiger partial charge in [-0.3, -0.25) is 0 Å². The van der Waals surface area contributed by atoms with E-state index < -0.39 is 0 Å². The van der Waals surface area contributed by atoms with Gasteiger partial charge in [0.15, 0.2) is 0 Å². The Morgan fingerprint density at radius 3 is 1.35 bits per heavy atom. The first-order valence-electron chi connectivity index (χ1n) is 21.7. The quantitative estimate of drug-likeness (QED) is 0.157. The second kappa shape index (κ2) is 13.1. The molecule has 62 heavy (non-hydrogen) atoms. The predicted octanol–water partition coefficient (Wildman–Crippen LogP) is 16.7. The lowest BCUT2D eigenvalue weighted by atomic mass is 9.74. The van der Waals surface area contributed by atoms with Gasteiger partial charge in [-0.05, 0) is 141 Å². The number of para-hydroxylation sites is 1. The molecule has 290 valence electrons. The molecule has 13 rings (SSSR count). The van der Waals surface area contributed by atoms with Crippen LogP contribution >= 0.6 is 0 Å². The molecule has 0 N–H and O–H groups in total. The van der Waals surface area contributed by atoms with Crippen LogP contribution in [0.5, 0.6) is 0 Å². The second-order valence-corrected chi connectivity index (χ2v) is 17.7. The zero-order valence-corrected chi connectivity index (χ0v) is 34.7. The van der Waals surface area contributed by atoms with Crippen LogP contribution in [0.3, 0.4) is 0 Å². The van der Waals surface area contributed by atoms with Gasteiger partial charge in [0.25, 0.3) is 0 Å². The van der Waals surface area contributed by atoms with Crippen molar-refractivity contribution in [3.8, 4) is 50.2 Å². The van der Waals surface area contributed by atoms with E-state index in [2.05, 4.69) is 231 Å². The van der Waals surface area contributed by atoms with Crippen molar-refractivity contribution in [1.29, 1.82) is 0 Å². The number of fused-ring (bicyclic) bond motifs is 11. The zero-order valence-electron chi connectivity index (χ0n) is 34.7. The largest absolute Gasteiger partial charge is 0.309 e. The Hall–Kier alpha value is -7.74. The molecule has 12 aromatic rings. The first kappa shape index (κ1) is 35.1. The molecule has 1 nitrogen and oxygen atoms in total. The molecular formula is C61H41N. The summed E-state index contributed by atoms with van der Waals surface area (Å²) in [6, 6.07) is 79.2. The highest BCUT2D eigenvalue weighted by molar-refractivity contribution is 6.16. The lowest BCUT2D eigenvalue weighted by Crippen LogP contribution is -2.26. The molecule has 0 saturated heterocycles. The van der Waals surface area contributed by atoms with Crippen molar-refractivity contribution in [2.75, 3.05) is 0 Å². The average Bonchev–Trinajstić information content (AvgIpc) is 3.66. The highest BCUT2D eigenvalue weighted by atomic mass is 15.0. The Bertz CT molecular complexity index is 3810. The van der Waals surface area contributed by atoms with Crippen LogP contribution in [0.4, 0.5) is 0 Å². The summed E-state index contributed by atoms with van der Waals surface area (Å²) in [7, 11) is 0. The van der Waals surface area contributed by atoms with Crippen molar-refractivity contribution in [1.82, 2.24) is 4.57 Å². The summed E-state index contributed by atoms with van der Waals surface area (Å²) in [6.07, 6.45) is 0. The minimum Gasteiger partial charge on any atom is -0.309 e. The van der Waals surface area contributed by atoms with Gasteiger partial charge in [-0.1, -0.05) is 184 Å². The lowest BCUT2D eigenvalue weighted by Gasteiger charge is -2.35. The van der Waals surface area contributed by atoms with Gasteiger partial charge in [-0.25, -0.2) is 0 Å². The van der Waals surface area contributed by atoms with Crippen LogP contribution < -0.4 is 0 Å². The minimum absolute atomic E-state index is 0.190. The molecule has 1 aliphatic rings. The van der Waals surface area contributed by atoms with E-state index in [1.54, 1.807) is 0 Å². The predicted molar refractivity (Wildman–Crippen MR) is 265 cm³/mol. The molecule has 0 unspecified atom stereocenters. The lowest BCUT2D eigenvalue weighted by molar-refractivity contribution is 0.630. The fourth-order valence-corrected chi connectivity index (χ4v) is 10.8. The summed E-state index contributed by atoms with van der Waals surface area (Å²) in [6.45, 7) is 4.79. The van der Waals surface area contributed by atoms with Gasteiger partial charge in [0.2, 0.25) is 0 Å². The molecule has 0 spiro atoms. The summed E-state index contributed by atoms with van der Waals surface area (Å²) in [5.41, 5.74) is 16.2. The molecule has 1 aliphatic heterocycles. The number of benzene rings is 11. The smallest absolute Gasteiger partial charge is 0.0582 e. The first-order chi connectivity index (χ1) is 30.5. The van der Waals surface area contributed by atoms with Gasteiger partial charge in [-0.2, -0.15) is 0 Å². The van der Waals surface area contributed by atoms with Gasteiger partial charge < -0.3 is 4.57 Å². The van der Waals surface area contributed by atoms with Gasteiger partial charge >= 0.3 is 0 Å². The standard InChI is InChI=1S/C61H41N/c1-61(2)56-21-11-12-22-59(56)62-58-32-31-42(38-23-27-40(28-24-38)52-34-43-13-3-5-15-46(43)48-17-7-9-19-50(48)52)33-54(58)55-36-45(37-57(61)60(55)62)39-25-29-41(30-26-39)53-35-44-14-4-6-16-47(44)49-18-8-10-20-51(49)53/h3-37H,1-2H3.